The second-order valence-corrected chi connectivity index (χ2v) is 10.2. The van der Waals surface area contributed by atoms with Crippen molar-refractivity contribution in [2.75, 3.05) is 4.90 Å². The summed E-state index contributed by atoms with van der Waals surface area (Å²) >= 11 is 6.69. The van der Waals surface area contributed by atoms with Crippen molar-refractivity contribution < 1.29 is 14.3 Å². The number of amides is 3. The van der Waals surface area contributed by atoms with Crippen LogP contribution < -0.4 is 15.0 Å². The molecule has 2 aliphatic rings. The Morgan fingerprint density at radius 3 is 2.76 bits per heavy atom. The van der Waals surface area contributed by atoms with E-state index in [9.17, 15) is 9.59 Å². The zero-order valence-electron chi connectivity index (χ0n) is 20.8. The van der Waals surface area contributed by atoms with Gasteiger partial charge in [0.15, 0.2) is 0 Å². The van der Waals surface area contributed by atoms with Crippen molar-refractivity contribution in [1.29, 1.82) is 0 Å². The Morgan fingerprint density at radius 1 is 1.05 bits per heavy atom. The van der Waals surface area contributed by atoms with Crippen LogP contribution in [0.1, 0.15) is 42.1 Å². The van der Waals surface area contributed by atoms with Gasteiger partial charge in [-0.2, -0.15) is 0 Å². The lowest BCUT2D eigenvalue weighted by Gasteiger charge is -2.42. The van der Waals surface area contributed by atoms with Gasteiger partial charge < -0.3 is 10.1 Å². The fourth-order valence-electron chi connectivity index (χ4n) is 5.65. The second-order valence-electron chi connectivity index (χ2n) is 9.75. The third kappa shape index (κ3) is 4.35. The molecular formula is C29H26ClN5O3. The first-order valence-electron chi connectivity index (χ1n) is 12.7. The summed E-state index contributed by atoms with van der Waals surface area (Å²) in [7, 11) is 0. The number of fused-ring (bicyclic) bond motifs is 2. The molecule has 2 aromatic carbocycles. The number of carbonyl (C=O) groups is 2. The highest BCUT2D eigenvalue weighted by atomic mass is 35.5. The van der Waals surface area contributed by atoms with Gasteiger partial charge in [-0.1, -0.05) is 41.9 Å². The summed E-state index contributed by atoms with van der Waals surface area (Å²) in [6.07, 6.45) is 8.57. The summed E-state index contributed by atoms with van der Waals surface area (Å²) in [5.74, 6) is 0.200. The number of imide groups is 1. The second kappa shape index (κ2) is 10.0. The van der Waals surface area contributed by atoms with Crippen molar-refractivity contribution in [1.82, 2.24) is 20.3 Å². The SMILES string of the molecule is Cc1nccnc1COc1cccc(Cl)c1C1CCC2C(=O)N(c3cncc4ccccc34)C(=O)NC2C1. The molecule has 0 radical (unpaired) electrons. The van der Waals surface area contributed by atoms with Gasteiger partial charge in [0.2, 0.25) is 5.91 Å². The van der Waals surface area contributed by atoms with Crippen LogP contribution in [-0.2, 0) is 11.4 Å². The van der Waals surface area contributed by atoms with Crippen LogP contribution in [0.15, 0.2) is 67.3 Å². The predicted molar refractivity (Wildman–Crippen MR) is 144 cm³/mol. The number of rotatable bonds is 5. The molecule has 3 atom stereocenters. The van der Waals surface area contributed by atoms with E-state index in [0.717, 1.165) is 34.1 Å². The molecule has 3 unspecified atom stereocenters. The Kier molecular flexibility index (Phi) is 6.41. The number of hydrogen-bond acceptors (Lipinski definition) is 6. The van der Waals surface area contributed by atoms with Crippen LogP contribution in [0.25, 0.3) is 10.8 Å². The Balaban J connectivity index is 1.24. The number of urea groups is 1. The minimum absolute atomic E-state index is 0.0294. The van der Waals surface area contributed by atoms with E-state index in [2.05, 4.69) is 20.3 Å². The van der Waals surface area contributed by atoms with E-state index in [0.29, 0.717) is 29.3 Å². The maximum absolute atomic E-state index is 13.7. The minimum Gasteiger partial charge on any atom is -0.487 e. The summed E-state index contributed by atoms with van der Waals surface area (Å²) in [4.78, 5) is 41.1. The van der Waals surface area contributed by atoms with Gasteiger partial charge in [0.05, 0.1) is 29.2 Å². The molecule has 1 saturated carbocycles. The zero-order valence-corrected chi connectivity index (χ0v) is 21.6. The summed E-state index contributed by atoms with van der Waals surface area (Å²) < 4.78 is 6.18. The summed E-state index contributed by atoms with van der Waals surface area (Å²) in [5, 5.41) is 5.40. The third-order valence-electron chi connectivity index (χ3n) is 7.56. The van der Waals surface area contributed by atoms with E-state index in [1.807, 2.05) is 49.4 Å². The Morgan fingerprint density at radius 2 is 1.89 bits per heavy atom. The first-order valence-corrected chi connectivity index (χ1v) is 13.0. The fraction of sp³-hybridized carbons (Fsp3) is 0.276. The number of aryl methyl sites for hydroxylation is 1. The molecule has 38 heavy (non-hydrogen) atoms. The highest BCUT2D eigenvalue weighted by Gasteiger charge is 2.46. The van der Waals surface area contributed by atoms with E-state index < -0.39 is 6.03 Å². The van der Waals surface area contributed by atoms with Crippen molar-refractivity contribution in [3.63, 3.8) is 0 Å². The lowest BCUT2D eigenvalue weighted by atomic mass is 9.74. The minimum atomic E-state index is -0.427. The number of benzene rings is 2. The monoisotopic (exact) mass is 527 g/mol. The molecular weight excluding hydrogens is 502 g/mol. The quantitative estimate of drug-likeness (QED) is 0.364. The van der Waals surface area contributed by atoms with Crippen molar-refractivity contribution in [3.8, 4) is 5.75 Å². The molecule has 1 saturated heterocycles. The van der Waals surface area contributed by atoms with Gasteiger partial charge in [-0.25, -0.2) is 9.69 Å². The van der Waals surface area contributed by atoms with Crippen molar-refractivity contribution in [2.24, 2.45) is 5.92 Å². The number of hydrogen-bond donors (Lipinski definition) is 1. The van der Waals surface area contributed by atoms with Gasteiger partial charge in [-0.15, -0.1) is 0 Å². The molecule has 192 valence electrons. The number of halogens is 1. The molecule has 2 aromatic heterocycles. The number of aromatic nitrogens is 3. The van der Waals surface area contributed by atoms with Crippen LogP contribution in [0.4, 0.5) is 10.5 Å². The van der Waals surface area contributed by atoms with E-state index >= 15 is 0 Å². The van der Waals surface area contributed by atoms with Gasteiger partial charge >= 0.3 is 6.03 Å². The zero-order chi connectivity index (χ0) is 26.2. The Hall–Kier alpha value is -4.04. The molecule has 0 spiro atoms. The van der Waals surface area contributed by atoms with Crippen LogP contribution in [0, 0.1) is 12.8 Å². The van der Waals surface area contributed by atoms with Crippen LogP contribution in [-0.4, -0.2) is 32.9 Å². The number of ether oxygens (including phenoxy) is 1. The van der Waals surface area contributed by atoms with Crippen LogP contribution in [0.5, 0.6) is 5.75 Å². The average molecular weight is 528 g/mol. The van der Waals surface area contributed by atoms with Gasteiger partial charge in [0.25, 0.3) is 0 Å². The van der Waals surface area contributed by atoms with Gasteiger partial charge in [-0.3, -0.25) is 19.7 Å². The van der Waals surface area contributed by atoms with Crippen LogP contribution in [0.3, 0.4) is 0 Å². The number of anilines is 1. The van der Waals surface area contributed by atoms with E-state index in [1.165, 1.54) is 4.90 Å². The summed E-state index contributed by atoms with van der Waals surface area (Å²) in [6.45, 7) is 2.17. The maximum atomic E-state index is 13.7. The number of pyridine rings is 1. The molecule has 8 nitrogen and oxygen atoms in total. The van der Waals surface area contributed by atoms with Gasteiger partial charge in [0.1, 0.15) is 12.4 Å². The molecule has 1 aliphatic heterocycles. The molecule has 0 bridgehead atoms. The van der Waals surface area contributed by atoms with Crippen molar-refractivity contribution in [3.05, 3.63) is 89.2 Å². The lowest BCUT2D eigenvalue weighted by molar-refractivity contribution is -0.124. The molecule has 3 amide bonds. The standard InChI is InChI=1S/C29H26ClN5O3/c1-17-24(33-12-11-32-17)16-38-26-8-4-7-22(30)27(26)18-9-10-21-23(13-18)34-29(37)35(28(21)36)25-15-31-14-19-5-2-3-6-20(19)25/h2-8,11-12,14-15,18,21,23H,9-10,13,16H2,1H3,(H,34,37). The summed E-state index contributed by atoms with van der Waals surface area (Å²) in [6, 6.07) is 12.5. The molecule has 9 heteroatoms. The van der Waals surface area contributed by atoms with Crippen molar-refractivity contribution >= 4 is 40.0 Å². The first kappa shape index (κ1) is 24.3. The Labute approximate surface area is 225 Å². The maximum Gasteiger partial charge on any atom is 0.329 e. The predicted octanol–water partition coefficient (Wildman–Crippen LogP) is 5.57. The van der Waals surface area contributed by atoms with Crippen molar-refractivity contribution in [2.45, 2.75) is 44.8 Å². The molecule has 6 rings (SSSR count). The highest BCUT2D eigenvalue weighted by molar-refractivity contribution is 6.31. The van der Waals surface area contributed by atoms with E-state index in [1.54, 1.807) is 24.8 Å². The molecule has 1 aliphatic carbocycles. The lowest BCUT2D eigenvalue weighted by Crippen LogP contribution is -2.61. The van der Waals surface area contributed by atoms with Crippen LogP contribution in [0.2, 0.25) is 5.02 Å². The van der Waals surface area contributed by atoms with E-state index in [-0.39, 0.29) is 30.4 Å². The first-order chi connectivity index (χ1) is 18.5. The molecule has 2 fully saturated rings. The number of nitrogens with zero attached hydrogens (tertiary/aromatic N) is 4. The molecule has 3 heterocycles. The van der Waals surface area contributed by atoms with Crippen LogP contribution >= 0.6 is 11.6 Å². The topological polar surface area (TPSA) is 97.3 Å². The number of carbonyl (C=O) groups excluding carboxylic acids is 2. The van der Waals surface area contributed by atoms with Gasteiger partial charge in [0, 0.05) is 46.0 Å². The van der Waals surface area contributed by atoms with E-state index in [4.69, 9.17) is 16.3 Å². The largest absolute Gasteiger partial charge is 0.487 e. The average Bonchev–Trinajstić information content (AvgIpc) is 2.92. The summed E-state index contributed by atoms with van der Waals surface area (Å²) in [5.41, 5.74) is 2.98. The molecule has 4 aromatic rings. The normalized spacial score (nSPS) is 21.2. The number of nitrogens with one attached hydrogen (secondary N) is 1. The molecule has 1 N–H and O–H groups in total. The van der Waals surface area contributed by atoms with Gasteiger partial charge in [-0.05, 0) is 44.2 Å². The smallest absolute Gasteiger partial charge is 0.329 e. The fourth-order valence-corrected chi connectivity index (χ4v) is 5.97. The highest BCUT2D eigenvalue weighted by Crippen LogP contribution is 2.45. The Bertz CT molecular complexity index is 1540. The third-order valence-corrected chi connectivity index (χ3v) is 7.89.